The molecule has 1 atom stereocenters. The van der Waals surface area contributed by atoms with Gasteiger partial charge in [0.15, 0.2) is 11.5 Å². The van der Waals surface area contributed by atoms with E-state index in [1.54, 1.807) is 54.6 Å². The van der Waals surface area contributed by atoms with E-state index in [9.17, 15) is 14.7 Å². The molecule has 0 saturated carbocycles. The minimum absolute atomic E-state index is 0.0264. The zero-order valence-corrected chi connectivity index (χ0v) is 20.5. The van der Waals surface area contributed by atoms with Crippen LogP contribution >= 0.6 is 0 Å². The van der Waals surface area contributed by atoms with Crippen LogP contribution in [0, 0.1) is 0 Å². The van der Waals surface area contributed by atoms with E-state index in [4.69, 9.17) is 18.6 Å². The number of rotatable bonds is 10. The summed E-state index contributed by atoms with van der Waals surface area (Å²) in [5.74, 6) is 0.239. The number of hydrogen-bond donors (Lipinski definition) is 1. The van der Waals surface area contributed by atoms with E-state index in [2.05, 4.69) is 6.92 Å². The molecule has 8 nitrogen and oxygen atoms in total. The number of amides is 1. The molecule has 1 aliphatic heterocycles. The van der Waals surface area contributed by atoms with Gasteiger partial charge in [-0.2, -0.15) is 0 Å². The lowest BCUT2D eigenvalue weighted by Crippen LogP contribution is -2.29. The Labute approximate surface area is 209 Å². The summed E-state index contributed by atoms with van der Waals surface area (Å²) >= 11 is 0. The normalized spacial score (nSPS) is 16.9. The smallest absolute Gasteiger partial charge is 0.296 e. The molecule has 0 aliphatic carbocycles. The largest absolute Gasteiger partial charge is 0.507 e. The maximum Gasteiger partial charge on any atom is 0.296 e. The summed E-state index contributed by atoms with van der Waals surface area (Å²) in [6.07, 6.45) is 3.39. The Hall–Kier alpha value is -4.20. The Morgan fingerprint density at radius 1 is 1.03 bits per heavy atom. The van der Waals surface area contributed by atoms with Gasteiger partial charge in [0, 0.05) is 5.56 Å². The Bertz CT molecular complexity index is 1260. The van der Waals surface area contributed by atoms with Gasteiger partial charge in [-0.3, -0.25) is 9.59 Å². The maximum absolute atomic E-state index is 13.3. The van der Waals surface area contributed by atoms with Crippen molar-refractivity contribution in [1.29, 1.82) is 0 Å². The fourth-order valence-electron chi connectivity index (χ4n) is 4.19. The van der Waals surface area contributed by atoms with Gasteiger partial charge in [-0.25, -0.2) is 0 Å². The highest BCUT2D eigenvalue weighted by molar-refractivity contribution is 6.46. The first-order valence-electron chi connectivity index (χ1n) is 11.7. The molecule has 1 aromatic heterocycles. The highest BCUT2D eigenvalue weighted by Crippen LogP contribution is 2.43. The molecule has 1 aliphatic rings. The van der Waals surface area contributed by atoms with Crippen LogP contribution in [-0.4, -0.2) is 42.5 Å². The van der Waals surface area contributed by atoms with Gasteiger partial charge in [0.1, 0.15) is 17.3 Å². The van der Waals surface area contributed by atoms with Crippen molar-refractivity contribution in [3.63, 3.8) is 0 Å². The molecule has 4 rings (SSSR count). The van der Waals surface area contributed by atoms with E-state index in [1.807, 2.05) is 0 Å². The van der Waals surface area contributed by atoms with E-state index in [1.165, 1.54) is 25.4 Å². The Balaban J connectivity index is 1.83. The van der Waals surface area contributed by atoms with Gasteiger partial charge in [-0.1, -0.05) is 31.5 Å². The lowest BCUT2D eigenvalue weighted by Gasteiger charge is -2.25. The average molecular weight is 492 g/mol. The molecule has 2 aromatic carbocycles. The fourth-order valence-corrected chi connectivity index (χ4v) is 4.19. The van der Waals surface area contributed by atoms with Crippen molar-refractivity contribution in [1.82, 2.24) is 4.90 Å². The van der Waals surface area contributed by atoms with Gasteiger partial charge in [0.2, 0.25) is 0 Å². The number of carbonyl (C=O) groups excluding carboxylic acids is 2. The molecule has 2 heterocycles. The lowest BCUT2D eigenvalue weighted by molar-refractivity contribution is -0.140. The predicted octanol–water partition coefficient (Wildman–Crippen LogP) is 5.10. The first-order valence-corrected chi connectivity index (χ1v) is 11.7. The van der Waals surface area contributed by atoms with Crippen molar-refractivity contribution in [2.24, 2.45) is 0 Å². The van der Waals surface area contributed by atoms with Gasteiger partial charge in [0.05, 0.1) is 45.2 Å². The number of carbonyl (C=O) groups is 2. The topological polar surface area (TPSA) is 98.4 Å². The van der Waals surface area contributed by atoms with Crippen molar-refractivity contribution < 1.29 is 33.3 Å². The van der Waals surface area contributed by atoms with Gasteiger partial charge in [-0.15, -0.1) is 0 Å². The summed E-state index contributed by atoms with van der Waals surface area (Å²) in [6.45, 7) is 2.67. The monoisotopic (exact) mass is 491 g/mol. The quantitative estimate of drug-likeness (QED) is 0.182. The number of Topliss-reactive ketones (excluding diaryl/α,β-unsaturated/α-hetero) is 1. The van der Waals surface area contributed by atoms with Crippen molar-refractivity contribution in [2.75, 3.05) is 20.8 Å². The second-order valence-electron chi connectivity index (χ2n) is 8.35. The number of furan rings is 1. The maximum atomic E-state index is 13.3. The number of aliphatic hydroxyl groups is 1. The minimum Gasteiger partial charge on any atom is -0.507 e. The molecular formula is C28H29NO7. The molecule has 0 spiro atoms. The summed E-state index contributed by atoms with van der Waals surface area (Å²) in [6, 6.07) is 14.5. The first-order chi connectivity index (χ1) is 17.5. The number of unbranched alkanes of at least 4 members (excludes halogenated alkanes) is 1. The highest BCUT2D eigenvalue weighted by Gasteiger charge is 2.46. The van der Waals surface area contributed by atoms with E-state index in [0.29, 0.717) is 40.7 Å². The molecule has 36 heavy (non-hydrogen) atoms. The molecule has 1 N–H and O–H groups in total. The zero-order valence-electron chi connectivity index (χ0n) is 20.5. The second-order valence-corrected chi connectivity index (χ2v) is 8.35. The molecule has 0 bridgehead atoms. The van der Waals surface area contributed by atoms with Crippen LogP contribution in [0.3, 0.4) is 0 Å². The lowest BCUT2D eigenvalue weighted by atomic mass is 9.95. The molecule has 0 unspecified atom stereocenters. The number of likely N-dealkylation sites (tertiary alicyclic amines) is 1. The number of methoxy groups -OCH3 is 2. The molecule has 188 valence electrons. The molecule has 1 amide bonds. The van der Waals surface area contributed by atoms with E-state index in [0.717, 1.165) is 12.8 Å². The molecule has 1 fully saturated rings. The number of ketones is 1. The van der Waals surface area contributed by atoms with Crippen LogP contribution in [0.15, 0.2) is 70.9 Å². The van der Waals surface area contributed by atoms with E-state index < -0.39 is 17.7 Å². The number of nitrogens with zero attached hydrogens (tertiary/aromatic N) is 1. The molecule has 0 radical (unpaired) electrons. The van der Waals surface area contributed by atoms with E-state index >= 15 is 0 Å². The van der Waals surface area contributed by atoms with Crippen LogP contribution in [-0.2, 0) is 16.1 Å². The van der Waals surface area contributed by atoms with E-state index in [-0.39, 0.29) is 17.9 Å². The van der Waals surface area contributed by atoms with Crippen LogP contribution in [0.5, 0.6) is 17.2 Å². The molecular weight excluding hydrogens is 462 g/mol. The number of hydrogen-bond acceptors (Lipinski definition) is 7. The van der Waals surface area contributed by atoms with Crippen LogP contribution in [0.25, 0.3) is 5.76 Å². The van der Waals surface area contributed by atoms with Gasteiger partial charge in [-0.05, 0) is 48.4 Å². The highest BCUT2D eigenvalue weighted by atomic mass is 16.5. The summed E-state index contributed by atoms with van der Waals surface area (Å²) in [7, 11) is 3.04. The van der Waals surface area contributed by atoms with Gasteiger partial charge >= 0.3 is 0 Å². The SMILES string of the molecule is CCCCOc1ccc([C@H]2C(=C(O)c3cccc(OC)c3)C(=O)C(=O)N2Cc2ccco2)cc1OC. The first kappa shape index (κ1) is 24.9. The molecule has 3 aromatic rings. The third kappa shape index (κ3) is 4.93. The summed E-state index contributed by atoms with van der Waals surface area (Å²) in [5, 5.41) is 11.3. The fraction of sp³-hybridized carbons (Fsp3) is 0.286. The van der Waals surface area contributed by atoms with Crippen molar-refractivity contribution in [2.45, 2.75) is 32.4 Å². The number of benzene rings is 2. The summed E-state index contributed by atoms with van der Waals surface area (Å²) in [4.78, 5) is 27.8. The average Bonchev–Trinajstić information content (AvgIpc) is 3.51. The Morgan fingerprint density at radius 3 is 2.56 bits per heavy atom. The van der Waals surface area contributed by atoms with Crippen LogP contribution in [0.2, 0.25) is 0 Å². The predicted molar refractivity (Wildman–Crippen MR) is 133 cm³/mol. The standard InChI is InChI=1S/C28H29NO7/c1-4-5-13-36-22-12-11-18(16-23(22)34-3)25-24(26(30)19-8-6-9-20(15-19)33-2)27(31)28(32)29(25)17-21-10-7-14-35-21/h6-12,14-16,25,30H,4-5,13,17H2,1-3H3/t25-/m0/s1. The van der Waals surface area contributed by atoms with Gasteiger partial charge in [0.25, 0.3) is 11.7 Å². The zero-order chi connectivity index (χ0) is 25.7. The van der Waals surface area contributed by atoms with Crippen molar-refractivity contribution in [3.8, 4) is 17.2 Å². The minimum atomic E-state index is -0.875. The second kappa shape index (κ2) is 11.0. The summed E-state index contributed by atoms with van der Waals surface area (Å²) in [5.41, 5.74) is 0.924. The third-order valence-corrected chi connectivity index (χ3v) is 6.05. The van der Waals surface area contributed by atoms with Crippen LogP contribution in [0.1, 0.15) is 42.7 Å². The van der Waals surface area contributed by atoms with Gasteiger partial charge < -0.3 is 28.6 Å². The van der Waals surface area contributed by atoms with Crippen LogP contribution in [0.4, 0.5) is 0 Å². The van der Waals surface area contributed by atoms with Crippen molar-refractivity contribution >= 4 is 17.4 Å². The number of aliphatic hydroxyl groups excluding tert-OH is 1. The molecule has 8 heteroatoms. The Morgan fingerprint density at radius 2 is 1.86 bits per heavy atom. The third-order valence-electron chi connectivity index (χ3n) is 6.05. The molecule has 1 saturated heterocycles. The summed E-state index contributed by atoms with van der Waals surface area (Å²) < 4.78 is 22.1. The van der Waals surface area contributed by atoms with Crippen LogP contribution < -0.4 is 14.2 Å². The number of ether oxygens (including phenoxy) is 3. The van der Waals surface area contributed by atoms with Crippen molar-refractivity contribution in [3.05, 3.63) is 83.3 Å². The Kier molecular flexibility index (Phi) is 7.63.